The van der Waals surface area contributed by atoms with Gasteiger partial charge in [0.25, 0.3) is 0 Å². The number of rotatable bonds is 3. The minimum absolute atomic E-state index is 0.432. The van der Waals surface area contributed by atoms with Gasteiger partial charge in [0.2, 0.25) is 0 Å². The molecule has 0 spiro atoms. The van der Waals surface area contributed by atoms with Gasteiger partial charge in [-0.15, -0.1) is 0 Å². The van der Waals surface area contributed by atoms with Crippen LogP contribution < -0.4 is 4.74 Å². The Morgan fingerprint density at radius 2 is 2.67 bits per heavy atom. The smallest absolute Gasteiger partial charge is 0.160 e. The standard InChI is InChI=1S/C8H6NO2S/c1-2-7(10-3-1)5-11-8-4-9-12-6-8/h1-3,6H,5H2. The highest BCUT2D eigenvalue weighted by molar-refractivity contribution is 7.03. The SMILES string of the molecule is [c]1nscc1OCc1ccco1. The van der Waals surface area contributed by atoms with Crippen LogP contribution in [0.4, 0.5) is 0 Å². The summed E-state index contributed by atoms with van der Waals surface area (Å²) in [7, 11) is 0. The summed E-state index contributed by atoms with van der Waals surface area (Å²) in [6.07, 6.45) is 4.32. The second kappa shape index (κ2) is 3.40. The molecule has 61 valence electrons. The van der Waals surface area contributed by atoms with E-state index in [2.05, 4.69) is 10.6 Å². The van der Waals surface area contributed by atoms with Gasteiger partial charge in [0.05, 0.1) is 11.6 Å². The molecule has 0 aromatic carbocycles. The van der Waals surface area contributed by atoms with Gasteiger partial charge in [0, 0.05) is 0 Å². The third-order valence-corrected chi connectivity index (χ3v) is 1.83. The number of furan rings is 1. The molecule has 0 aliphatic rings. The Hall–Kier alpha value is -1.29. The van der Waals surface area contributed by atoms with Crippen molar-refractivity contribution in [1.29, 1.82) is 0 Å². The Morgan fingerprint density at radius 3 is 3.33 bits per heavy atom. The molecule has 4 heteroatoms. The van der Waals surface area contributed by atoms with Crippen LogP contribution in [0.3, 0.4) is 0 Å². The monoisotopic (exact) mass is 180 g/mol. The fourth-order valence-electron chi connectivity index (χ4n) is 0.782. The third-order valence-electron chi connectivity index (χ3n) is 1.32. The van der Waals surface area contributed by atoms with E-state index in [4.69, 9.17) is 9.15 Å². The predicted octanol–water partition coefficient (Wildman–Crippen LogP) is 2.12. The molecule has 1 radical (unpaired) electrons. The molecule has 2 aromatic rings. The van der Waals surface area contributed by atoms with Crippen molar-refractivity contribution in [2.24, 2.45) is 0 Å². The maximum Gasteiger partial charge on any atom is 0.160 e. The van der Waals surface area contributed by atoms with Gasteiger partial charge >= 0.3 is 0 Å². The minimum atomic E-state index is 0.432. The zero-order chi connectivity index (χ0) is 8.23. The lowest BCUT2D eigenvalue weighted by atomic mass is 10.5. The molecule has 0 saturated carbocycles. The van der Waals surface area contributed by atoms with Crippen LogP contribution in [0.5, 0.6) is 5.75 Å². The van der Waals surface area contributed by atoms with Crippen LogP contribution in [0.25, 0.3) is 0 Å². The highest BCUT2D eigenvalue weighted by Gasteiger charge is 1.98. The molecule has 12 heavy (non-hydrogen) atoms. The van der Waals surface area contributed by atoms with E-state index < -0.39 is 0 Å². The molecule has 0 aliphatic carbocycles. The van der Waals surface area contributed by atoms with E-state index >= 15 is 0 Å². The van der Waals surface area contributed by atoms with Crippen LogP contribution in [-0.2, 0) is 6.61 Å². The fraction of sp³-hybridized carbons (Fsp3) is 0.125. The maximum absolute atomic E-state index is 5.29. The number of hydrogen-bond acceptors (Lipinski definition) is 4. The Morgan fingerprint density at radius 1 is 1.67 bits per heavy atom. The van der Waals surface area contributed by atoms with Crippen molar-refractivity contribution in [2.45, 2.75) is 6.61 Å². The molecular weight excluding hydrogens is 174 g/mol. The average Bonchev–Trinajstić information content (AvgIpc) is 2.74. The highest BCUT2D eigenvalue weighted by atomic mass is 32.1. The van der Waals surface area contributed by atoms with Gasteiger partial charge in [-0.05, 0) is 23.7 Å². The molecule has 0 unspecified atom stereocenters. The molecule has 0 bridgehead atoms. The summed E-state index contributed by atoms with van der Waals surface area (Å²) in [5.41, 5.74) is 0. The molecule has 0 amide bonds. The first-order valence-electron chi connectivity index (χ1n) is 3.42. The van der Waals surface area contributed by atoms with Crippen molar-refractivity contribution in [3.05, 3.63) is 35.7 Å². The molecule has 2 rings (SSSR count). The molecule has 0 fully saturated rings. The maximum atomic E-state index is 5.29. The average molecular weight is 180 g/mol. The van der Waals surface area contributed by atoms with Crippen molar-refractivity contribution in [3.63, 3.8) is 0 Å². The first kappa shape index (κ1) is 7.36. The van der Waals surface area contributed by atoms with E-state index in [1.54, 1.807) is 11.6 Å². The Kier molecular flexibility index (Phi) is 2.09. The molecule has 0 atom stereocenters. The molecule has 0 saturated heterocycles. The fourth-order valence-corrected chi connectivity index (χ4v) is 1.19. The van der Waals surface area contributed by atoms with Gasteiger partial charge in [-0.2, -0.15) is 4.37 Å². The van der Waals surface area contributed by atoms with E-state index in [-0.39, 0.29) is 0 Å². The second-order valence-corrected chi connectivity index (χ2v) is 2.79. The molecule has 0 N–H and O–H groups in total. The molecule has 2 heterocycles. The topological polar surface area (TPSA) is 35.3 Å². The van der Waals surface area contributed by atoms with Gasteiger partial charge < -0.3 is 9.15 Å². The van der Waals surface area contributed by atoms with Crippen LogP contribution in [0, 0.1) is 6.20 Å². The lowest BCUT2D eigenvalue weighted by Crippen LogP contribution is -1.91. The first-order valence-corrected chi connectivity index (χ1v) is 4.26. The van der Waals surface area contributed by atoms with E-state index in [0.29, 0.717) is 12.4 Å². The van der Waals surface area contributed by atoms with Crippen molar-refractivity contribution < 1.29 is 9.15 Å². The van der Waals surface area contributed by atoms with Gasteiger partial charge in [-0.25, -0.2) is 0 Å². The highest BCUT2D eigenvalue weighted by Crippen LogP contribution is 2.12. The zero-order valence-corrected chi connectivity index (χ0v) is 7.00. The number of nitrogens with zero attached hydrogens (tertiary/aromatic N) is 1. The lowest BCUT2D eigenvalue weighted by molar-refractivity contribution is 0.270. The van der Waals surface area contributed by atoms with Gasteiger partial charge in [0.1, 0.15) is 18.6 Å². The number of aromatic nitrogens is 1. The van der Waals surface area contributed by atoms with Crippen LogP contribution in [0.1, 0.15) is 5.76 Å². The van der Waals surface area contributed by atoms with Crippen molar-refractivity contribution in [1.82, 2.24) is 4.37 Å². The van der Waals surface area contributed by atoms with Crippen LogP contribution >= 0.6 is 11.5 Å². The third kappa shape index (κ3) is 1.65. The molecule has 2 aromatic heterocycles. The molecule has 3 nitrogen and oxygen atoms in total. The molecular formula is C8H6NO2S. The van der Waals surface area contributed by atoms with Crippen molar-refractivity contribution >= 4 is 11.5 Å². The summed E-state index contributed by atoms with van der Waals surface area (Å²) in [5.74, 6) is 1.46. The van der Waals surface area contributed by atoms with E-state index in [9.17, 15) is 0 Å². The van der Waals surface area contributed by atoms with Crippen molar-refractivity contribution in [3.8, 4) is 5.75 Å². The van der Waals surface area contributed by atoms with Gasteiger partial charge in [0.15, 0.2) is 5.75 Å². The summed E-state index contributed by atoms with van der Waals surface area (Å²) < 4.78 is 14.1. The number of ether oxygens (including phenoxy) is 1. The predicted molar refractivity (Wildman–Crippen MR) is 44.0 cm³/mol. The summed E-state index contributed by atoms with van der Waals surface area (Å²) in [4.78, 5) is 0. The zero-order valence-electron chi connectivity index (χ0n) is 6.19. The van der Waals surface area contributed by atoms with Crippen molar-refractivity contribution in [2.75, 3.05) is 0 Å². The van der Waals surface area contributed by atoms with E-state index in [1.165, 1.54) is 11.5 Å². The Balaban J connectivity index is 1.91. The summed E-state index contributed by atoms with van der Waals surface area (Å²) in [6.45, 7) is 0.432. The minimum Gasteiger partial charge on any atom is -0.482 e. The first-order chi connectivity index (χ1) is 5.95. The Bertz CT molecular complexity index is 280. The van der Waals surface area contributed by atoms with Crippen LogP contribution in [0.15, 0.2) is 28.2 Å². The van der Waals surface area contributed by atoms with Gasteiger partial charge in [-0.1, -0.05) is 0 Å². The quantitative estimate of drug-likeness (QED) is 0.725. The van der Waals surface area contributed by atoms with Gasteiger partial charge in [-0.3, -0.25) is 0 Å². The molecule has 0 aliphatic heterocycles. The van der Waals surface area contributed by atoms with E-state index in [1.807, 2.05) is 12.1 Å². The number of hydrogen-bond donors (Lipinski definition) is 0. The lowest BCUT2D eigenvalue weighted by Gasteiger charge is -1.97. The van der Waals surface area contributed by atoms with Crippen LogP contribution in [-0.4, -0.2) is 4.37 Å². The van der Waals surface area contributed by atoms with Crippen LogP contribution in [0.2, 0.25) is 0 Å². The largest absolute Gasteiger partial charge is 0.482 e. The summed E-state index contributed by atoms with van der Waals surface area (Å²) in [6, 6.07) is 3.69. The Labute approximate surface area is 73.8 Å². The van der Waals surface area contributed by atoms with E-state index in [0.717, 1.165) is 5.76 Å². The summed E-state index contributed by atoms with van der Waals surface area (Å²) >= 11 is 1.32. The normalized spacial score (nSPS) is 10.0. The second-order valence-electron chi connectivity index (χ2n) is 2.16. The summed E-state index contributed by atoms with van der Waals surface area (Å²) in [5, 5.41) is 1.79.